The Balaban J connectivity index is 2.33. The highest BCUT2D eigenvalue weighted by Gasteiger charge is 2.04. The SMILES string of the molecule is [C]1CCCNc2ccccc21. The van der Waals surface area contributed by atoms with E-state index in [4.69, 9.17) is 0 Å². The molecule has 0 saturated heterocycles. The lowest BCUT2D eigenvalue weighted by molar-refractivity contribution is 0.877. The lowest BCUT2D eigenvalue weighted by Crippen LogP contribution is -1.98. The Morgan fingerprint density at radius 2 is 2.18 bits per heavy atom. The molecule has 1 aliphatic heterocycles. The Morgan fingerprint density at radius 1 is 1.27 bits per heavy atom. The molecule has 0 fully saturated rings. The molecule has 0 amide bonds. The third kappa shape index (κ3) is 1.37. The van der Waals surface area contributed by atoms with Crippen molar-refractivity contribution < 1.29 is 0 Å². The first-order chi connectivity index (χ1) is 5.47. The van der Waals surface area contributed by atoms with Gasteiger partial charge in [-0.1, -0.05) is 18.2 Å². The number of rotatable bonds is 0. The summed E-state index contributed by atoms with van der Waals surface area (Å²) in [5, 5.41) is 3.36. The van der Waals surface area contributed by atoms with E-state index in [1.165, 1.54) is 17.7 Å². The molecule has 1 heteroatoms. The Morgan fingerprint density at radius 3 is 3.18 bits per heavy atom. The summed E-state index contributed by atoms with van der Waals surface area (Å²) in [5.74, 6) is 0. The zero-order valence-electron chi connectivity index (χ0n) is 6.43. The molecule has 1 nitrogen and oxygen atoms in total. The van der Waals surface area contributed by atoms with Crippen LogP contribution in [0.4, 0.5) is 5.69 Å². The van der Waals surface area contributed by atoms with Gasteiger partial charge in [-0.05, 0) is 24.5 Å². The van der Waals surface area contributed by atoms with Crippen LogP contribution in [0.25, 0.3) is 0 Å². The summed E-state index contributed by atoms with van der Waals surface area (Å²) in [4.78, 5) is 0. The number of para-hydroxylation sites is 1. The third-order valence-corrected chi connectivity index (χ3v) is 1.91. The summed E-state index contributed by atoms with van der Waals surface area (Å²) >= 11 is 0. The first-order valence-corrected chi connectivity index (χ1v) is 4.03. The predicted molar refractivity (Wildman–Crippen MR) is 46.5 cm³/mol. The quantitative estimate of drug-likeness (QED) is 0.590. The second-order valence-electron chi connectivity index (χ2n) is 2.75. The van der Waals surface area contributed by atoms with Gasteiger partial charge in [0.25, 0.3) is 0 Å². The van der Waals surface area contributed by atoms with Crippen LogP contribution in [0.2, 0.25) is 0 Å². The molecular weight excluding hydrogens is 134 g/mol. The molecular formula is C10H11N. The average Bonchev–Trinajstić information content (AvgIpc) is 2.28. The molecule has 0 bridgehead atoms. The van der Waals surface area contributed by atoms with Crippen molar-refractivity contribution in [2.45, 2.75) is 12.8 Å². The van der Waals surface area contributed by atoms with Gasteiger partial charge >= 0.3 is 0 Å². The van der Waals surface area contributed by atoms with Crippen molar-refractivity contribution in [3.05, 3.63) is 36.2 Å². The van der Waals surface area contributed by atoms with Gasteiger partial charge < -0.3 is 5.32 Å². The van der Waals surface area contributed by atoms with Crippen LogP contribution in [0.3, 0.4) is 0 Å². The van der Waals surface area contributed by atoms with Crippen molar-refractivity contribution >= 4 is 5.69 Å². The number of anilines is 1. The Labute approximate surface area is 67.4 Å². The molecule has 1 N–H and O–H groups in total. The van der Waals surface area contributed by atoms with Gasteiger partial charge in [0.2, 0.25) is 0 Å². The first-order valence-electron chi connectivity index (χ1n) is 4.03. The van der Waals surface area contributed by atoms with Crippen LogP contribution in [-0.2, 0) is 0 Å². The van der Waals surface area contributed by atoms with Gasteiger partial charge in [0.1, 0.15) is 0 Å². The number of hydrogen-bond acceptors (Lipinski definition) is 1. The monoisotopic (exact) mass is 145 g/mol. The van der Waals surface area contributed by atoms with Crippen LogP contribution in [0.1, 0.15) is 18.4 Å². The van der Waals surface area contributed by atoms with Crippen molar-refractivity contribution in [2.24, 2.45) is 0 Å². The summed E-state index contributed by atoms with van der Waals surface area (Å²) in [5.41, 5.74) is 2.45. The third-order valence-electron chi connectivity index (χ3n) is 1.91. The molecule has 1 aromatic rings. The normalized spacial score (nSPS) is 16.4. The summed E-state index contributed by atoms with van der Waals surface area (Å²) in [7, 11) is 0. The van der Waals surface area contributed by atoms with Crippen molar-refractivity contribution in [2.75, 3.05) is 11.9 Å². The van der Waals surface area contributed by atoms with E-state index in [1.807, 2.05) is 0 Å². The molecule has 1 aromatic carbocycles. The zero-order chi connectivity index (χ0) is 7.52. The molecule has 0 aromatic heterocycles. The average molecular weight is 145 g/mol. The molecule has 2 rings (SSSR count). The molecule has 0 atom stereocenters. The second kappa shape index (κ2) is 2.95. The van der Waals surface area contributed by atoms with E-state index in [-0.39, 0.29) is 0 Å². The summed E-state index contributed by atoms with van der Waals surface area (Å²) in [6, 6.07) is 8.32. The second-order valence-corrected chi connectivity index (χ2v) is 2.75. The largest absolute Gasteiger partial charge is 0.385 e. The standard InChI is InChI=1S/C10H11N/c1-2-7-10-9(5-1)6-3-4-8-11-10/h1-2,5,7,11H,3-4,8H2. The molecule has 0 saturated carbocycles. The maximum Gasteiger partial charge on any atom is 0.0379 e. The lowest BCUT2D eigenvalue weighted by atomic mass is 10.1. The van der Waals surface area contributed by atoms with E-state index in [2.05, 4.69) is 36.0 Å². The molecule has 1 aliphatic rings. The van der Waals surface area contributed by atoms with Crippen LogP contribution >= 0.6 is 0 Å². The van der Waals surface area contributed by atoms with Crippen LogP contribution < -0.4 is 5.32 Å². The highest BCUT2D eigenvalue weighted by molar-refractivity contribution is 5.55. The first kappa shape index (κ1) is 6.71. The van der Waals surface area contributed by atoms with Crippen LogP contribution in [0.15, 0.2) is 24.3 Å². The number of fused-ring (bicyclic) bond motifs is 1. The van der Waals surface area contributed by atoms with Gasteiger partial charge in [0, 0.05) is 18.7 Å². The van der Waals surface area contributed by atoms with Crippen LogP contribution in [0, 0.1) is 6.42 Å². The fourth-order valence-corrected chi connectivity index (χ4v) is 1.33. The molecule has 11 heavy (non-hydrogen) atoms. The minimum atomic E-state index is 1.07. The summed E-state index contributed by atoms with van der Waals surface area (Å²) < 4.78 is 0. The maximum atomic E-state index is 3.36. The van der Waals surface area contributed by atoms with E-state index in [0.717, 1.165) is 13.0 Å². The topological polar surface area (TPSA) is 12.0 Å². The van der Waals surface area contributed by atoms with Gasteiger partial charge in [0.05, 0.1) is 0 Å². The predicted octanol–water partition coefficient (Wildman–Crippen LogP) is 2.32. The summed E-state index contributed by atoms with van der Waals surface area (Å²) in [6.07, 6.45) is 5.63. The minimum absolute atomic E-state index is 1.07. The van der Waals surface area contributed by atoms with Gasteiger partial charge in [-0.3, -0.25) is 0 Å². The van der Waals surface area contributed by atoms with E-state index in [0.29, 0.717) is 0 Å². The van der Waals surface area contributed by atoms with E-state index >= 15 is 0 Å². The molecule has 0 spiro atoms. The van der Waals surface area contributed by atoms with E-state index in [1.54, 1.807) is 0 Å². The van der Waals surface area contributed by atoms with Gasteiger partial charge in [0.15, 0.2) is 0 Å². The minimum Gasteiger partial charge on any atom is -0.385 e. The fraction of sp³-hybridized carbons (Fsp3) is 0.300. The fourth-order valence-electron chi connectivity index (χ4n) is 1.33. The zero-order valence-corrected chi connectivity index (χ0v) is 6.43. The van der Waals surface area contributed by atoms with Crippen LogP contribution in [0.5, 0.6) is 0 Å². The molecule has 0 unspecified atom stereocenters. The Bertz CT molecular complexity index is 217. The molecule has 0 aliphatic carbocycles. The lowest BCUT2D eigenvalue weighted by Gasteiger charge is -2.04. The number of nitrogens with one attached hydrogen (secondary N) is 1. The van der Waals surface area contributed by atoms with Gasteiger partial charge in [-0.25, -0.2) is 0 Å². The maximum absolute atomic E-state index is 3.36. The van der Waals surface area contributed by atoms with Crippen molar-refractivity contribution in [3.63, 3.8) is 0 Å². The molecule has 56 valence electrons. The smallest absolute Gasteiger partial charge is 0.0379 e. The Hall–Kier alpha value is -0.980. The van der Waals surface area contributed by atoms with E-state index in [9.17, 15) is 0 Å². The van der Waals surface area contributed by atoms with Gasteiger partial charge in [-0.2, -0.15) is 0 Å². The molecule has 1 heterocycles. The van der Waals surface area contributed by atoms with Gasteiger partial charge in [-0.15, -0.1) is 0 Å². The number of benzene rings is 1. The summed E-state index contributed by atoms with van der Waals surface area (Å²) in [6.45, 7) is 1.07. The van der Waals surface area contributed by atoms with Crippen molar-refractivity contribution in [1.29, 1.82) is 0 Å². The van der Waals surface area contributed by atoms with Crippen LogP contribution in [-0.4, -0.2) is 6.54 Å². The highest BCUT2D eigenvalue weighted by atomic mass is 14.9. The van der Waals surface area contributed by atoms with E-state index < -0.39 is 0 Å². The van der Waals surface area contributed by atoms with Crippen molar-refractivity contribution in [1.82, 2.24) is 0 Å². The van der Waals surface area contributed by atoms with Crippen molar-refractivity contribution in [3.8, 4) is 0 Å². The molecule has 2 radical (unpaired) electrons. The number of hydrogen-bond donors (Lipinski definition) is 1. The Kier molecular flexibility index (Phi) is 1.80. The highest BCUT2D eigenvalue weighted by Crippen LogP contribution is 2.21.